The van der Waals surface area contributed by atoms with Crippen LogP contribution in [0.5, 0.6) is 5.75 Å². The van der Waals surface area contributed by atoms with Crippen LogP contribution in [0.15, 0.2) is 109 Å². The standard InChI is InChI=1S/C31H33N3O/c1-3-9-26(10-4-1)24-33-19-21-34(22-20-33)30-17-15-29(16-18-30)32-23-28-13-7-8-14-31(28)35-25-27-11-5-2-6-12-27/h1-18,32H,19-25H2. The number of ether oxygens (including phenoxy) is 1. The van der Waals surface area contributed by atoms with Gasteiger partial charge >= 0.3 is 0 Å². The van der Waals surface area contributed by atoms with Gasteiger partial charge in [-0.25, -0.2) is 0 Å². The molecule has 1 N–H and O–H groups in total. The van der Waals surface area contributed by atoms with E-state index in [1.54, 1.807) is 0 Å². The maximum Gasteiger partial charge on any atom is 0.124 e. The number of nitrogens with zero attached hydrogens (tertiary/aromatic N) is 2. The molecule has 178 valence electrons. The van der Waals surface area contributed by atoms with Crippen LogP contribution in [-0.2, 0) is 19.7 Å². The average molecular weight is 464 g/mol. The summed E-state index contributed by atoms with van der Waals surface area (Å²) in [5.41, 5.74) is 6.13. The van der Waals surface area contributed by atoms with Crippen LogP contribution in [0.4, 0.5) is 11.4 Å². The van der Waals surface area contributed by atoms with Crippen LogP contribution in [0.3, 0.4) is 0 Å². The zero-order chi connectivity index (χ0) is 23.7. The number of hydrogen-bond donors (Lipinski definition) is 1. The Labute approximate surface area is 208 Å². The van der Waals surface area contributed by atoms with Crippen molar-refractivity contribution in [2.75, 3.05) is 36.4 Å². The second-order valence-corrected chi connectivity index (χ2v) is 9.03. The molecule has 0 bridgehead atoms. The van der Waals surface area contributed by atoms with Gasteiger partial charge in [-0.1, -0.05) is 78.9 Å². The summed E-state index contributed by atoms with van der Waals surface area (Å²) in [4.78, 5) is 5.02. The van der Waals surface area contributed by atoms with E-state index >= 15 is 0 Å². The zero-order valence-corrected chi connectivity index (χ0v) is 20.1. The second kappa shape index (κ2) is 11.6. The largest absolute Gasteiger partial charge is 0.489 e. The van der Waals surface area contributed by atoms with Gasteiger partial charge < -0.3 is 15.0 Å². The van der Waals surface area contributed by atoms with E-state index in [0.29, 0.717) is 6.61 Å². The lowest BCUT2D eigenvalue weighted by Crippen LogP contribution is -2.45. The second-order valence-electron chi connectivity index (χ2n) is 9.03. The molecular weight excluding hydrogens is 430 g/mol. The first-order chi connectivity index (χ1) is 17.3. The van der Waals surface area contributed by atoms with E-state index in [1.165, 1.54) is 16.8 Å². The van der Waals surface area contributed by atoms with Crippen LogP contribution < -0.4 is 15.0 Å². The van der Waals surface area contributed by atoms with Crippen LogP contribution in [0.2, 0.25) is 0 Å². The predicted octanol–water partition coefficient (Wildman–Crippen LogP) is 6.20. The van der Waals surface area contributed by atoms with Crippen molar-refractivity contribution < 1.29 is 4.74 Å². The summed E-state index contributed by atoms with van der Waals surface area (Å²) in [5.74, 6) is 0.925. The minimum absolute atomic E-state index is 0.575. The first kappa shape index (κ1) is 23.0. The van der Waals surface area contributed by atoms with Gasteiger partial charge in [-0.3, -0.25) is 4.90 Å². The highest BCUT2D eigenvalue weighted by molar-refractivity contribution is 5.56. The number of hydrogen-bond acceptors (Lipinski definition) is 4. The number of para-hydroxylation sites is 1. The molecule has 0 unspecified atom stereocenters. The lowest BCUT2D eigenvalue weighted by molar-refractivity contribution is 0.250. The topological polar surface area (TPSA) is 27.7 Å². The molecule has 1 saturated heterocycles. The molecule has 0 spiro atoms. The van der Waals surface area contributed by atoms with E-state index < -0.39 is 0 Å². The van der Waals surface area contributed by atoms with E-state index in [4.69, 9.17) is 4.74 Å². The van der Waals surface area contributed by atoms with Crippen molar-refractivity contribution in [2.45, 2.75) is 19.7 Å². The highest BCUT2D eigenvalue weighted by Gasteiger charge is 2.17. The van der Waals surface area contributed by atoms with Gasteiger partial charge in [0.05, 0.1) is 0 Å². The Morgan fingerprint density at radius 3 is 1.97 bits per heavy atom. The first-order valence-electron chi connectivity index (χ1n) is 12.4. The van der Waals surface area contributed by atoms with Crippen molar-refractivity contribution in [2.24, 2.45) is 0 Å². The van der Waals surface area contributed by atoms with Crippen molar-refractivity contribution in [1.82, 2.24) is 4.90 Å². The SMILES string of the molecule is c1ccc(COc2ccccc2CNc2ccc(N3CCN(Cc4ccccc4)CC3)cc2)cc1. The van der Waals surface area contributed by atoms with E-state index in [2.05, 4.69) is 94.0 Å². The fraction of sp³-hybridized carbons (Fsp3) is 0.226. The van der Waals surface area contributed by atoms with Crippen LogP contribution in [0, 0.1) is 0 Å². The summed E-state index contributed by atoms with van der Waals surface area (Å²) in [6.07, 6.45) is 0. The molecule has 1 aliphatic rings. The Balaban J connectivity index is 1.12. The number of piperazine rings is 1. The molecule has 4 nitrogen and oxygen atoms in total. The van der Waals surface area contributed by atoms with Crippen LogP contribution >= 0.6 is 0 Å². The van der Waals surface area contributed by atoms with Crippen molar-refractivity contribution in [3.8, 4) is 5.75 Å². The molecule has 4 aromatic carbocycles. The molecule has 1 fully saturated rings. The lowest BCUT2D eigenvalue weighted by Gasteiger charge is -2.36. The van der Waals surface area contributed by atoms with Gasteiger partial charge in [-0.15, -0.1) is 0 Å². The minimum Gasteiger partial charge on any atom is -0.489 e. The molecular formula is C31H33N3O. The van der Waals surface area contributed by atoms with E-state index in [0.717, 1.165) is 56.3 Å². The molecule has 1 heterocycles. The van der Waals surface area contributed by atoms with Crippen molar-refractivity contribution in [3.05, 3.63) is 126 Å². The van der Waals surface area contributed by atoms with Gasteiger partial charge in [-0.05, 0) is 41.5 Å². The maximum absolute atomic E-state index is 6.11. The van der Waals surface area contributed by atoms with Gasteiger partial charge in [0, 0.05) is 56.2 Å². The van der Waals surface area contributed by atoms with Crippen molar-refractivity contribution in [3.63, 3.8) is 0 Å². The van der Waals surface area contributed by atoms with Gasteiger partial charge in [-0.2, -0.15) is 0 Å². The van der Waals surface area contributed by atoms with Crippen molar-refractivity contribution >= 4 is 11.4 Å². The van der Waals surface area contributed by atoms with Crippen LogP contribution in [0.1, 0.15) is 16.7 Å². The molecule has 1 aliphatic heterocycles. The van der Waals surface area contributed by atoms with Gasteiger partial charge in [0.2, 0.25) is 0 Å². The van der Waals surface area contributed by atoms with Gasteiger partial charge in [0.25, 0.3) is 0 Å². The lowest BCUT2D eigenvalue weighted by atomic mass is 10.1. The summed E-state index contributed by atoms with van der Waals surface area (Å²) < 4.78 is 6.11. The molecule has 0 aliphatic carbocycles. The monoisotopic (exact) mass is 463 g/mol. The Kier molecular flexibility index (Phi) is 7.61. The highest BCUT2D eigenvalue weighted by Crippen LogP contribution is 2.23. The zero-order valence-electron chi connectivity index (χ0n) is 20.1. The highest BCUT2D eigenvalue weighted by atomic mass is 16.5. The van der Waals surface area contributed by atoms with Crippen LogP contribution in [0.25, 0.3) is 0 Å². The summed E-state index contributed by atoms with van der Waals surface area (Å²) in [7, 11) is 0. The quantitative estimate of drug-likeness (QED) is 0.320. The fourth-order valence-corrected chi connectivity index (χ4v) is 4.52. The molecule has 0 amide bonds. The Bertz CT molecular complexity index is 1170. The maximum atomic E-state index is 6.11. The molecule has 4 aromatic rings. The third-order valence-electron chi connectivity index (χ3n) is 6.55. The average Bonchev–Trinajstić information content (AvgIpc) is 2.93. The summed E-state index contributed by atoms with van der Waals surface area (Å²) in [6, 6.07) is 38.1. The van der Waals surface area contributed by atoms with E-state index in [9.17, 15) is 0 Å². The summed E-state index contributed by atoms with van der Waals surface area (Å²) in [5, 5.41) is 3.56. The summed E-state index contributed by atoms with van der Waals surface area (Å²) >= 11 is 0. The number of nitrogens with one attached hydrogen (secondary N) is 1. The van der Waals surface area contributed by atoms with E-state index in [-0.39, 0.29) is 0 Å². The first-order valence-corrected chi connectivity index (χ1v) is 12.4. The Morgan fingerprint density at radius 1 is 0.629 bits per heavy atom. The van der Waals surface area contributed by atoms with Gasteiger partial charge in [0.1, 0.15) is 12.4 Å². The minimum atomic E-state index is 0.575. The van der Waals surface area contributed by atoms with Crippen LogP contribution in [-0.4, -0.2) is 31.1 Å². The molecule has 0 atom stereocenters. The normalized spacial score (nSPS) is 14.0. The summed E-state index contributed by atoms with van der Waals surface area (Å²) in [6.45, 7) is 6.64. The van der Waals surface area contributed by atoms with Crippen molar-refractivity contribution in [1.29, 1.82) is 0 Å². The van der Waals surface area contributed by atoms with E-state index in [1.807, 2.05) is 30.3 Å². The molecule has 4 heteroatoms. The molecule has 5 rings (SSSR count). The fourth-order valence-electron chi connectivity index (χ4n) is 4.52. The smallest absolute Gasteiger partial charge is 0.124 e. The van der Waals surface area contributed by atoms with Gasteiger partial charge in [0.15, 0.2) is 0 Å². The third-order valence-corrected chi connectivity index (χ3v) is 6.55. The number of anilines is 2. The number of benzene rings is 4. The predicted molar refractivity (Wildman–Crippen MR) is 145 cm³/mol. The molecule has 0 aromatic heterocycles. The number of rotatable bonds is 9. The Hall–Kier alpha value is -3.76. The molecule has 0 saturated carbocycles. The molecule has 0 radical (unpaired) electrons. The third kappa shape index (κ3) is 6.43. The Morgan fingerprint density at radius 2 is 1.26 bits per heavy atom. The molecule has 35 heavy (non-hydrogen) atoms.